The Morgan fingerprint density at radius 3 is 1.45 bits per heavy atom. The van der Waals surface area contributed by atoms with Crippen molar-refractivity contribution >= 4 is 90.6 Å². The first-order chi connectivity index (χ1) is 37.6. The van der Waals surface area contributed by atoms with Crippen molar-refractivity contribution in [3.05, 3.63) is 126 Å². The number of hydrogen-bond donors (Lipinski definition) is 1. The maximum absolute atomic E-state index is 13.5. The number of aryl methyl sites for hydroxylation is 2. The molecule has 2 aromatic carbocycles. The number of morpholine rings is 2. The second-order valence-corrected chi connectivity index (χ2v) is 29.4. The number of benzene rings is 2. The van der Waals surface area contributed by atoms with Crippen molar-refractivity contribution in [2.75, 3.05) is 61.8 Å². The third-order valence-corrected chi connectivity index (χ3v) is 21.6. The second kappa shape index (κ2) is 23.2. The van der Waals surface area contributed by atoms with Crippen molar-refractivity contribution in [1.29, 1.82) is 4.78 Å². The van der Waals surface area contributed by atoms with Crippen molar-refractivity contribution < 1.29 is 34.7 Å². The fourth-order valence-corrected chi connectivity index (χ4v) is 14.7. The SMILES string of the molecule is C.CS(=N)(=O)C1CC1.Cc1ccc(S(=O)(=O)n2ccc3c(-c4nc(Cl)cc(N5CCOC[C@H]5C)n4)ccnc32)cc1.Cc1ccc(S(=O)(=O)n2ccc3c(-c4nc(N=S(C)(=O)C5CC5)cc(N5CCOC[C@H]5C)n4)ccnc32)cc1. The predicted molar refractivity (Wildman–Crippen MR) is 315 cm³/mol. The van der Waals surface area contributed by atoms with Crippen LogP contribution >= 0.6 is 11.6 Å². The Morgan fingerprint density at radius 1 is 0.600 bits per heavy atom. The fourth-order valence-electron chi connectivity index (χ4n) is 9.28. The highest BCUT2D eigenvalue weighted by molar-refractivity contribution is 7.94. The van der Waals surface area contributed by atoms with E-state index in [1.54, 1.807) is 104 Å². The van der Waals surface area contributed by atoms with Gasteiger partial charge < -0.3 is 19.3 Å². The van der Waals surface area contributed by atoms with Crippen molar-refractivity contribution in [3.8, 4) is 22.8 Å². The minimum Gasteiger partial charge on any atom is -0.377 e. The molecule has 8 heterocycles. The standard InChI is InChI=1S/C27H30N6O4S2.C23H22ClN5O3S.C4H9NOS.CH4/c1-18-4-6-21(7-5-18)39(35,36)33-13-11-23-22(10-12-28-27(23)33)26-29-24(31-38(3,34)20-8-9-20)16-25(30-26)32-14-15-37-17-19(32)2;1-15-3-5-17(6-4-15)33(30,31)29-10-8-19-18(7-9-25-23(19)29)22-26-20(24)13-21(27-22)28-11-12-32-14-16(28)2;1-7(5,6)4-2-3-4;/h4-7,10-13,16,19-20H,8-9,14-15,17H2,1-3H3;3-10,13,16H,11-12,14H2,1-2H3;4-5H,2-3H2,1H3;1H4/t19-,38?;16-;;/m11../s1. The van der Waals surface area contributed by atoms with Gasteiger partial charge in [-0.1, -0.05) is 54.4 Å². The van der Waals surface area contributed by atoms with Crippen LogP contribution in [0.5, 0.6) is 0 Å². The van der Waals surface area contributed by atoms with Gasteiger partial charge >= 0.3 is 0 Å². The number of halogens is 1. The Labute approximate surface area is 473 Å². The van der Waals surface area contributed by atoms with Gasteiger partial charge in [0.25, 0.3) is 20.0 Å². The molecule has 25 heteroatoms. The smallest absolute Gasteiger partial charge is 0.269 e. The number of fused-ring (bicyclic) bond motifs is 2. The highest BCUT2D eigenvalue weighted by atomic mass is 35.5. The summed E-state index contributed by atoms with van der Waals surface area (Å²) in [5, 5.41) is 1.84. The third-order valence-electron chi connectivity index (χ3n) is 14.0. The molecule has 20 nitrogen and oxygen atoms in total. The molecular formula is C55H65ClN12O8S4. The number of hydrogen-bond acceptors (Lipinski definition) is 18. The third kappa shape index (κ3) is 12.6. The van der Waals surface area contributed by atoms with Gasteiger partial charge in [0.05, 0.1) is 58.0 Å². The molecule has 12 rings (SSSR count). The normalized spacial score (nSPS) is 19.1. The van der Waals surface area contributed by atoms with Crippen LogP contribution in [0.4, 0.5) is 17.5 Å². The van der Waals surface area contributed by atoms with E-state index in [9.17, 15) is 25.3 Å². The van der Waals surface area contributed by atoms with Gasteiger partial charge in [0.1, 0.15) is 16.8 Å². The number of ether oxygens (including phenoxy) is 2. The summed E-state index contributed by atoms with van der Waals surface area (Å²) in [7, 11) is -12.3. The average Bonchev–Trinajstić information content (AvgIpc) is 4.39. The molecule has 2 unspecified atom stereocenters. The van der Waals surface area contributed by atoms with Crippen molar-refractivity contribution in [2.24, 2.45) is 4.36 Å². The van der Waals surface area contributed by atoms with Gasteiger partial charge in [0.15, 0.2) is 28.8 Å². The Balaban J connectivity index is 0.000000172. The highest BCUT2D eigenvalue weighted by Crippen LogP contribution is 2.36. The monoisotopic (exact) mass is 1180 g/mol. The van der Waals surface area contributed by atoms with E-state index in [4.69, 9.17) is 40.8 Å². The van der Waals surface area contributed by atoms with E-state index in [2.05, 4.69) is 43.0 Å². The molecule has 2 aliphatic heterocycles. The topological polar surface area (TPSA) is 251 Å². The van der Waals surface area contributed by atoms with E-state index in [1.165, 1.54) is 26.6 Å². The lowest BCUT2D eigenvalue weighted by molar-refractivity contribution is 0.0985. The van der Waals surface area contributed by atoms with Gasteiger partial charge in [-0.3, -0.25) is 4.78 Å². The van der Waals surface area contributed by atoms with Crippen LogP contribution in [-0.4, -0.2) is 138 Å². The number of nitrogens with zero attached hydrogens (tertiary/aromatic N) is 11. The molecule has 6 aromatic heterocycles. The Bertz CT molecular complexity index is 4070. The van der Waals surface area contributed by atoms with Crippen LogP contribution in [0.15, 0.2) is 124 Å². The first-order valence-electron chi connectivity index (χ1n) is 25.7. The maximum Gasteiger partial charge on any atom is 0.269 e. The van der Waals surface area contributed by atoms with Crippen LogP contribution < -0.4 is 9.80 Å². The predicted octanol–water partition coefficient (Wildman–Crippen LogP) is 9.53. The molecule has 424 valence electrons. The molecule has 4 fully saturated rings. The number of rotatable bonds is 11. The molecule has 80 heavy (non-hydrogen) atoms. The summed E-state index contributed by atoms with van der Waals surface area (Å²) in [6.45, 7) is 11.6. The number of anilines is 2. The highest BCUT2D eigenvalue weighted by Gasteiger charge is 2.32. The molecule has 2 saturated carbocycles. The molecule has 4 aliphatic rings. The molecule has 4 atom stereocenters. The summed E-state index contributed by atoms with van der Waals surface area (Å²) < 4.78 is 102. The molecule has 0 amide bonds. The van der Waals surface area contributed by atoms with Crippen molar-refractivity contribution in [2.45, 2.75) is 93.2 Å². The van der Waals surface area contributed by atoms with Crippen LogP contribution in [0.3, 0.4) is 0 Å². The Morgan fingerprint density at radius 2 is 1.04 bits per heavy atom. The molecule has 0 bridgehead atoms. The lowest BCUT2D eigenvalue weighted by Gasteiger charge is -2.34. The Kier molecular flexibility index (Phi) is 16.9. The zero-order valence-corrected chi connectivity index (χ0v) is 48.5. The molecule has 0 radical (unpaired) electrons. The quantitative estimate of drug-likeness (QED) is 0.118. The van der Waals surface area contributed by atoms with E-state index in [-0.39, 0.29) is 45.4 Å². The van der Waals surface area contributed by atoms with Crippen molar-refractivity contribution in [1.82, 2.24) is 37.8 Å². The van der Waals surface area contributed by atoms with Crippen LogP contribution in [0.25, 0.3) is 44.8 Å². The first-order valence-corrected chi connectivity index (χ1v) is 33.0. The molecule has 2 aliphatic carbocycles. The lowest BCUT2D eigenvalue weighted by atomic mass is 10.1. The number of pyridine rings is 2. The molecule has 2 saturated heterocycles. The van der Waals surface area contributed by atoms with Crippen LogP contribution in [0, 0.1) is 18.6 Å². The van der Waals surface area contributed by atoms with E-state index in [0.29, 0.717) is 101 Å². The van der Waals surface area contributed by atoms with Gasteiger partial charge in [0.2, 0.25) is 0 Å². The van der Waals surface area contributed by atoms with Crippen molar-refractivity contribution in [3.63, 3.8) is 0 Å². The van der Waals surface area contributed by atoms with Gasteiger partial charge in [-0.05, 0) is 102 Å². The molecule has 0 spiro atoms. The largest absolute Gasteiger partial charge is 0.377 e. The summed E-state index contributed by atoms with van der Waals surface area (Å²) in [5.74, 6) is 2.50. The Hall–Kier alpha value is -6.41. The van der Waals surface area contributed by atoms with Gasteiger partial charge in [-0.15, -0.1) is 0 Å². The lowest BCUT2D eigenvalue weighted by Crippen LogP contribution is -2.44. The number of aromatic nitrogens is 8. The van der Waals surface area contributed by atoms with E-state index < -0.39 is 39.5 Å². The van der Waals surface area contributed by atoms with Gasteiger partial charge in [-0.25, -0.2) is 63.1 Å². The minimum absolute atomic E-state index is 0. The zero-order valence-electron chi connectivity index (χ0n) is 44.5. The van der Waals surface area contributed by atoms with Crippen LogP contribution in [-0.2, 0) is 49.0 Å². The van der Waals surface area contributed by atoms with E-state index >= 15 is 0 Å². The summed E-state index contributed by atoms with van der Waals surface area (Å²) in [6.07, 6.45) is 13.1. The average molecular weight is 1190 g/mol. The molecular weight excluding hydrogens is 1120 g/mol. The fraction of sp³-hybridized carbons (Fsp3) is 0.382. The van der Waals surface area contributed by atoms with Crippen LogP contribution in [0.2, 0.25) is 5.15 Å². The van der Waals surface area contributed by atoms with E-state index in [1.807, 2.05) is 13.8 Å². The first kappa shape index (κ1) is 58.3. The molecule has 1 N–H and O–H groups in total. The summed E-state index contributed by atoms with van der Waals surface area (Å²) in [4.78, 5) is 32.2. The maximum atomic E-state index is 13.5. The zero-order chi connectivity index (χ0) is 56.0. The van der Waals surface area contributed by atoms with Crippen LogP contribution in [0.1, 0.15) is 58.1 Å². The summed E-state index contributed by atoms with van der Waals surface area (Å²) in [6, 6.07) is 24.1. The second-order valence-electron chi connectivity index (χ2n) is 20.3. The minimum atomic E-state index is -3.87. The molecule has 8 aromatic rings. The van der Waals surface area contributed by atoms with Gasteiger partial charge in [0, 0.05) is 105 Å². The number of nitrogens with one attached hydrogen (secondary N) is 1. The summed E-state index contributed by atoms with van der Waals surface area (Å²) in [5.41, 5.74) is 3.80. The summed E-state index contributed by atoms with van der Waals surface area (Å²) >= 11 is 6.36. The van der Waals surface area contributed by atoms with E-state index in [0.717, 1.165) is 36.8 Å². The van der Waals surface area contributed by atoms with Gasteiger partial charge in [-0.2, -0.15) is 4.36 Å².